The van der Waals surface area contributed by atoms with E-state index in [1.807, 2.05) is 17.9 Å². The summed E-state index contributed by atoms with van der Waals surface area (Å²) < 4.78 is 1.90. The third kappa shape index (κ3) is 4.55. The molecule has 0 saturated carbocycles. The first-order valence-corrected chi connectivity index (χ1v) is 8.35. The van der Waals surface area contributed by atoms with E-state index in [0.29, 0.717) is 17.5 Å². The van der Waals surface area contributed by atoms with Gasteiger partial charge in [0.25, 0.3) is 0 Å². The van der Waals surface area contributed by atoms with E-state index in [4.69, 9.17) is 0 Å². The van der Waals surface area contributed by atoms with Crippen molar-refractivity contribution in [3.8, 4) is 0 Å². The Morgan fingerprint density at radius 3 is 2.71 bits per heavy atom. The van der Waals surface area contributed by atoms with Crippen LogP contribution in [0.4, 0.5) is 0 Å². The third-order valence-corrected chi connectivity index (χ3v) is 4.58. The minimum Gasteiger partial charge on any atom is -0.311 e. The van der Waals surface area contributed by atoms with Gasteiger partial charge in [-0.1, -0.05) is 34.1 Å². The van der Waals surface area contributed by atoms with E-state index >= 15 is 0 Å². The standard InChI is InChI=1S/C17H32N4/c1-6-7-15-13-21(16(11-18-15)17(2,3)4)9-8-14-10-19-20(5)12-14/h10,12,15-16,18H,6-9,11,13H2,1-5H3. The fourth-order valence-corrected chi connectivity index (χ4v) is 3.40. The van der Waals surface area contributed by atoms with Gasteiger partial charge in [-0.2, -0.15) is 5.10 Å². The van der Waals surface area contributed by atoms with Crippen LogP contribution >= 0.6 is 0 Å². The van der Waals surface area contributed by atoms with Gasteiger partial charge in [0.2, 0.25) is 0 Å². The van der Waals surface area contributed by atoms with E-state index in [0.717, 1.165) is 19.5 Å². The maximum Gasteiger partial charge on any atom is 0.0522 e. The Hall–Kier alpha value is -0.870. The van der Waals surface area contributed by atoms with E-state index in [1.165, 1.54) is 24.9 Å². The predicted octanol–water partition coefficient (Wildman–Crippen LogP) is 2.45. The van der Waals surface area contributed by atoms with E-state index in [2.05, 4.69) is 49.2 Å². The zero-order chi connectivity index (χ0) is 15.5. The van der Waals surface area contributed by atoms with Crippen LogP contribution in [-0.2, 0) is 13.5 Å². The van der Waals surface area contributed by atoms with Gasteiger partial charge in [-0.05, 0) is 23.8 Å². The molecule has 1 fully saturated rings. The van der Waals surface area contributed by atoms with Crippen LogP contribution in [-0.4, -0.2) is 46.4 Å². The summed E-state index contributed by atoms with van der Waals surface area (Å²) in [5, 5.41) is 8.03. The molecular formula is C17H32N4. The van der Waals surface area contributed by atoms with Crippen LogP contribution in [0.15, 0.2) is 12.4 Å². The molecule has 1 N–H and O–H groups in total. The van der Waals surface area contributed by atoms with Crippen LogP contribution in [0.25, 0.3) is 0 Å². The molecule has 2 unspecified atom stereocenters. The highest BCUT2D eigenvalue weighted by Gasteiger charge is 2.34. The second kappa shape index (κ2) is 6.93. The number of aromatic nitrogens is 2. The van der Waals surface area contributed by atoms with Gasteiger partial charge in [0, 0.05) is 45.0 Å². The predicted molar refractivity (Wildman–Crippen MR) is 88.4 cm³/mol. The molecule has 0 amide bonds. The Morgan fingerprint density at radius 1 is 1.38 bits per heavy atom. The number of rotatable bonds is 5. The van der Waals surface area contributed by atoms with Gasteiger partial charge in [0.15, 0.2) is 0 Å². The van der Waals surface area contributed by atoms with Gasteiger partial charge in [-0.3, -0.25) is 9.58 Å². The first-order chi connectivity index (χ1) is 9.90. The molecule has 0 bridgehead atoms. The normalized spacial score (nSPS) is 24.4. The van der Waals surface area contributed by atoms with Gasteiger partial charge >= 0.3 is 0 Å². The van der Waals surface area contributed by atoms with Crippen LogP contribution in [0, 0.1) is 5.41 Å². The van der Waals surface area contributed by atoms with Gasteiger partial charge in [0.05, 0.1) is 6.20 Å². The summed E-state index contributed by atoms with van der Waals surface area (Å²) in [6.45, 7) is 12.8. The van der Waals surface area contributed by atoms with Crippen LogP contribution < -0.4 is 5.32 Å². The molecule has 0 aliphatic carbocycles. The summed E-state index contributed by atoms with van der Waals surface area (Å²) in [4.78, 5) is 2.70. The molecule has 0 radical (unpaired) electrons. The number of nitrogens with zero attached hydrogens (tertiary/aromatic N) is 3. The summed E-state index contributed by atoms with van der Waals surface area (Å²) in [5.41, 5.74) is 1.66. The fourth-order valence-electron chi connectivity index (χ4n) is 3.40. The summed E-state index contributed by atoms with van der Waals surface area (Å²) in [6.07, 6.45) is 7.77. The smallest absolute Gasteiger partial charge is 0.0522 e. The lowest BCUT2D eigenvalue weighted by atomic mass is 9.83. The maximum absolute atomic E-state index is 4.28. The van der Waals surface area contributed by atoms with Gasteiger partial charge in [-0.15, -0.1) is 0 Å². The Kier molecular flexibility index (Phi) is 5.44. The molecule has 2 atom stereocenters. The topological polar surface area (TPSA) is 33.1 Å². The van der Waals surface area contributed by atoms with Crippen molar-refractivity contribution in [1.82, 2.24) is 20.0 Å². The van der Waals surface area contributed by atoms with Crippen LogP contribution in [0.2, 0.25) is 0 Å². The van der Waals surface area contributed by atoms with Crippen LogP contribution in [0.5, 0.6) is 0 Å². The first-order valence-electron chi connectivity index (χ1n) is 8.35. The quantitative estimate of drug-likeness (QED) is 0.905. The minimum atomic E-state index is 0.319. The molecular weight excluding hydrogens is 260 g/mol. The number of hydrogen-bond acceptors (Lipinski definition) is 3. The largest absolute Gasteiger partial charge is 0.311 e. The summed E-state index contributed by atoms with van der Waals surface area (Å²) in [5.74, 6) is 0. The number of hydrogen-bond donors (Lipinski definition) is 1. The first kappa shape index (κ1) is 16.5. The molecule has 0 spiro atoms. The van der Waals surface area contributed by atoms with E-state index in [-0.39, 0.29) is 0 Å². The monoisotopic (exact) mass is 292 g/mol. The molecule has 1 saturated heterocycles. The number of nitrogens with one attached hydrogen (secondary N) is 1. The SMILES string of the molecule is CCCC1CN(CCc2cnn(C)c2)C(C(C)(C)C)CN1. The Labute approximate surface area is 129 Å². The Bertz CT molecular complexity index is 432. The molecule has 21 heavy (non-hydrogen) atoms. The van der Waals surface area contributed by atoms with E-state index in [1.54, 1.807) is 0 Å². The minimum absolute atomic E-state index is 0.319. The lowest BCUT2D eigenvalue weighted by Crippen LogP contribution is -2.60. The second-order valence-corrected chi connectivity index (χ2v) is 7.54. The van der Waals surface area contributed by atoms with Crippen molar-refractivity contribution in [2.24, 2.45) is 12.5 Å². The molecule has 1 aliphatic heterocycles. The van der Waals surface area contributed by atoms with Crippen molar-refractivity contribution >= 4 is 0 Å². The number of piperazine rings is 1. The van der Waals surface area contributed by atoms with Gasteiger partial charge < -0.3 is 5.32 Å². The van der Waals surface area contributed by atoms with Crippen LogP contribution in [0.3, 0.4) is 0 Å². The van der Waals surface area contributed by atoms with Crippen LogP contribution in [0.1, 0.15) is 46.1 Å². The molecule has 4 nitrogen and oxygen atoms in total. The van der Waals surface area contributed by atoms with E-state index in [9.17, 15) is 0 Å². The average Bonchev–Trinajstić information content (AvgIpc) is 2.81. The van der Waals surface area contributed by atoms with Gasteiger partial charge in [-0.25, -0.2) is 0 Å². The summed E-state index contributed by atoms with van der Waals surface area (Å²) >= 11 is 0. The molecule has 4 heteroatoms. The Balaban J connectivity index is 1.98. The molecule has 0 aromatic carbocycles. The van der Waals surface area contributed by atoms with E-state index < -0.39 is 0 Å². The molecule has 1 aromatic rings. The summed E-state index contributed by atoms with van der Waals surface area (Å²) in [7, 11) is 1.99. The lowest BCUT2D eigenvalue weighted by Gasteiger charge is -2.46. The van der Waals surface area contributed by atoms with Crippen molar-refractivity contribution in [2.45, 2.75) is 59.0 Å². The molecule has 1 aromatic heterocycles. The van der Waals surface area contributed by atoms with Crippen molar-refractivity contribution in [2.75, 3.05) is 19.6 Å². The molecule has 2 rings (SSSR count). The fraction of sp³-hybridized carbons (Fsp3) is 0.824. The maximum atomic E-state index is 4.28. The van der Waals surface area contributed by atoms with Gasteiger partial charge in [0.1, 0.15) is 0 Å². The van der Waals surface area contributed by atoms with Crippen molar-refractivity contribution in [3.05, 3.63) is 18.0 Å². The van der Waals surface area contributed by atoms with Crippen molar-refractivity contribution < 1.29 is 0 Å². The zero-order valence-corrected chi connectivity index (χ0v) is 14.4. The molecule has 120 valence electrons. The Morgan fingerprint density at radius 2 is 2.14 bits per heavy atom. The van der Waals surface area contributed by atoms with Crippen molar-refractivity contribution in [3.63, 3.8) is 0 Å². The highest BCUT2D eigenvalue weighted by atomic mass is 15.3. The number of aryl methyl sites for hydroxylation is 1. The molecule has 1 aliphatic rings. The second-order valence-electron chi connectivity index (χ2n) is 7.54. The summed E-state index contributed by atoms with van der Waals surface area (Å²) in [6, 6.07) is 1.27. The highest BCUT2D eigenvalue weighted by Crippen LogP contribution is 2.27. The average molecular weight is 292 g/mol. The lowest BCUT2D eigenvalue weighted by molar-refractivity contribution is 0.0548. The zero-order valence-electron chi connectivity index (χ0n) is 14.4. The molecule has 2 heterocycles. The van der Waals surface area contributed by atoms with Crippen molar-refractivity contribution in [1.29, 1.82) is 0 Å². The third-order valence-electron chi connectivity index (χ3n) is 4.58. The highest BCUT2D eigenvalue weighted by molar-refractivity contribution is 5.05.